The Morgan fingerprint density at radius 1 is 1.05 bits per heavy atom. The molecule has 0 aliphatic heterocycles. The van der Waals surface area contributed by atoms with E-state index in [0.29, 0.717) is 16.5 Å². The first-order valence-corrected chi connectivity index (χ1v) is 6.54. The van der Waals surface area contributed by atoms with Gasteiger partial charge in [0, 0.05) is 5.56 Å². The van der Waals surface area contributed by atoms with Crippen LogP contribution in [0.4, 0.5) is 5.69 Å². The number of nitrogens with one attached hydrogen (secondary N) is 1. The van der Waals surface area contributed by atoms with E-state index in [4.69, 9.17) is 4.42 Å². The highest BCUT2D eigenvalue weighted by molar-refractivity contribution is 6.04. The van der Waals surface area contributed by atoms with E-state index in [1.54, 1.807) is 36.4 Å². The molecule has 1 amide bonds. The minimum Gasteiger partial charge on any atom is -0.462 e. The van der Waals surface area contributed by atoms with E-state index in [1.807, 2.05) is 19.1 Å². The fourth-order valence-electron chi connectivity index (χ4n) is 2.06. The molecular formula is C17H13NO3. The van der Waals surface area contributed by atoms with Gasteiger partial charge in [-0.1, -0.05) is 29.8 Å². The minimum absolute atomic E-state index is 0.138. The van der Waals surface area contributed by atoms with Crippen LogP contribution in [0, 0.1) is 6.92 Å². The van der Waals surface area contributed by atoms with Crippen LogP contribution in [0.2, 0.25) is 0 Å². The van der Waals surface area contributed by atoms with Gasteiger partial charge in [0.05, 0.1) is 5.39 Å². The van der Waals surface area contributed by atoms with E-state index in [2.05, 4.69) is 5.32 Å². The van der Waals surface area contributed by atoms with Gasteiger partial charge < -0.3 is 9.73 Å². The van der Waals surface area contributed by atoms with Gasteiger partial charge in [-0.25, -0.2) is 0 Å². The summed E-state index contributed by atoms with van der Waals surface area (Å²) in [6, 6.07) is 14.0. The number of anilines is 1. The first kappa shape index (κ1) is 13.1. The van der Waals surface area contributed by atoms with Crippen LogP contribution in [0.25, 0.3) is 11.0 Å². The summed E-state index contributed by atoms with van der Waals surface area (Å²) in [4.78, 5) is 24.4. The fourth-order valence-corrected chi connectivity index (χ4v) is 2.06. The Morgan fingerprint density at radius 3 is 2.52 bits per heavy atom. The van der Waals surface area contributed by atoms with Crippen molar-refractivity contribution in [3.63, 3.8) is 0 Å². The minimum atomic E-state index is -0.336. The smallest absolute Gasteiger partial charge is 0.255 e. The number of rotatable bonds is 2. The Labute approximate surface area is 121 Å². The normalized spacial score (nSPS) is 10.5. The van der Waals surface area contributed by atoms with E-state index in [9.17, 15) is 9.59 Å². The zero-order valence-corrected chi connectivity index (χ0v) is 11.4. The summed E-state index contributed by atoms with van der Waals surface area (Å²) in [6.07, 6.45) is 1.27. The zero-order valence-electron chi connectivity index (χ0n) is 11.4. The summed E-state index contributed by atoms with van der Waals surface area (Å²) in [5, 5.41) is 3.04. The summed E-state index contributed by atoms with van der Waals surface area (Å²) >= 11 is 0. The Kier molecular flexibility index (Phi) is 3.28. The van der Waals surface area contributed by atoms with Crippen LogP contribution in [0.3, 0.4) is 0 Å². The lowest BCUT2D eigenvalue weighted by Crippen LogP contribution is -2.18. The second-order valence-corrected chi connectivity index (χ2v) is 4.79. The van der Waals surface area contributed by atoms with Crippen molar-refractivity contribution in [3.05, 3.63) is 76.1 Å². The molecule has 1 aromatic heterocycles. The van der Waals surface area contributed by atoms with Crippen LogP contribution in [-0.4, -0.2) is 5.91 Å². The Hall–Kier alpha value is -2.88. The molecule has 1 N–H and O–H groups in total. The number of carbonyl (C=O) groups is 1. The lowest BCUT2D eigenvalue weighted by Gasteiger charge is -2.05. The van der Waals surface area contributed by atoms with Crippen molar-refractivity contribution in [2.24, 2.45) is 0 Å². The lowest BCUT2D eigenvalue weighted by atomic mass is 10.1. The maximum absolute atomic E-state index is 12.3. The van der Waals surface area contributed by atoms with Crippen molar-refractivity contribution >= 4 is 22.6 Å². The summed E-state index contributed by atoms with van der Waals surface area (Å²) in [7, 11) is 0. The molecule has 2 aromatic carbocycles. The molecule has 4 heteroatoms. The SMILES string of the molecule is Cc1ccc(C(=O)Nc2coc3ccccc3c2=O)cc1. The number of aryl methyl sites for hydroxylation is 1. The fraction of sp³-hybridized carbons (Fsp3) is 0.0588. The monoisotopic (exact) mass is 279 g/mol. The molecule has 0 aliphatic rings. The van der Waals surface area contributed by atoms with Crippen molar-refractivity contribution < 1.29 is 9.21 Å². The third-order valence-corrected chi connectivity index (χ3v) is 3.24. The first-order valence-electron chi connectivity index (χ1n) is 6.54. The number of hydrogen-bond donors (Lipinski definition) is 1. The van der Waals surface area contributed by atoms with Gasteiger partial charge in [0.15, 0.2) is 0 Å². The molecule has 104 valence electrons. The van der Waals surface area contributed by atoms with E-state index in [1.165, 1.54) is 6.26 Å². The molecule has 0 aliphatic carbocycles. The van der Waals surface area contributed by atoms with Crippen LogP contribution in [-0.2, 0) is 0 Å². The number of hydrogen-bond acceptors (Lipinski definition) is 3. The predicted octanol–water partition coefficient (Wildman–Crippen LogP) is 3.35. The van der Waals surface area contributed by atoms with Gasteiger partial charge in [0.1, 0.15) is 17.5 Å². The van der Waals surface area contributed by atoms with E-state index in [-0.39, 0.29) is 17.0 Å². The van der Waals surface area contributed by atoms with Gasteiger partial charge in [-0.2, -0.15) is 0 Å². The predicted molar refractivity (Wildman–Crippen MR) is 81.6 cm³/mol. The molecule has 0 fully saturated rings. The maximum Gasteiger partial charge on any atom is 0.255 e. The summed E-state index contributed by atoms with van der Waals surface area (Å²) in [5.41, 5.74) is 1.94. The van der Waals surface area contributed by atoms with Crippen LogP contribution in [0.1, 0.15) is 15.9 Å². The largest absolute Gasteiger partial charge is 0.462 e. The highest BCUT2D eigenvalue weighted by Gasteiger charge is 2.11. The van der Waals surface area contributed by atoms with Gasteiger partial charge in [-0.05, 0) is 31.2 Å². The van der Waals surface area contributed by atoms with Crippen LogP contribution >= 0.6 is 0 Å². The maximum atomic E-state index is 12.3. The average molecular weight is 279 g/mol. The van der Waals surface area contributed by atoms with Gasteiger partial charge in [0.25, 0.3) is 5.91 Å². The van der Waals surface area contributed by atoms with E-state index >= 15 is 0 Å². The number of carbonyl (C=O) groups excluding carboxylic acids is 1. The first-order chi connectivity index (χ1) is 10.1. The van der Waals surface area contributed by atoms with E-state index in [0.717, 1.165) is 5.56 Å². The summed E-state index contributed by atoms with van der Waals surface area (Å²) in [6.45, 7) is 1.94. The molecule has 0 saturated carbocycles. The zero-order chi connectivity index (χ0) is 14.8. The molecule has 3 aromatic rings. The number of benzene rings is 2. The van der Waals surface area contributed by atoms with Crippen molar-refractivity contribution in [2.45, 2.75) is 6.92 Å². The van der Waals surface area contributed by atoms with E-state index < -0.39 is 0 Å². The van der Waals surface area contributed by atoms with Crippen molar-refractivity contribution in [3.8, 4) is 0 Å². The third-order valence-electron chi connectivity index (χ3n) is 3.24. The molecule has 0 unspecified atom stereocenters. The highest BCUT2D eigenvalue weighted by atomic mass is 16.3. The third kappa shape index (κ3) is 2.56. The number of fused-ring (bicyclic) bond motifs is 1. The molecule has 3 rings (SSSR count). The second-order valence-electron chi connectivity index (χ2n) is 4.79. The molecule has 0 spiro atoms. The Morgan fingerprint density at radius 2 is 1.76 bits per heavy atom. The van der Waals surface area contributed by atoms with Crippen molar-refractivity contribution in [1.29, 1.82) is 0 Å². The molecule has 1 heterocycles. The molecule has 0 saturated heterocycles. The quantitative estimate of drug-likeness (QED) is 0.782. The van der Waals surface area contributed by atoms with Gasteiger partial charge >= 0.3 is 0 Å². The van der Waals surface area contributed by atoms with Gasteiger partial charge in [-0.3, -0.25) is 9.59 Å². The Balaban J connectivity index is 1.95. The molecule has 0 bridgehead atoms. The number of para-hydroxylation sites is 1. The Bertz CT molecular complexity index is 863. The standard InChI is InChI=1S/C17H13NO3/c1-11-6-8-12(9-7-11)17(20)18-14-10-21-15-5-3-2-4-13(15)16(14)19/h2-10H,1H3,(H,18,20). The molecule has 0 atom stereocenters. The van der Waals surface area contributed by atoms with Crippen LogP contribution < -0.4 is 10.7 Å². The second kappa shape index (κ2) is 5.25. The molecular weight excluding hydrogens is 266 g/mol. The van der Waals surface area contributed by atoms with Crippen molar-refractivity contribution in [1.82, 2.24) is 0 Å². The summed E-state index contributed by atoms with van der Waals surface area (Å²) in [5.74, 6) is -0.336. The average Bonchev–Trinajstić information content (AvgIpc) is 2.51. The summed E-state index contributed by atoms with van der Waals surface area (Å²) < 4.78 is 5.36. The van der Waals surface area contributed by atoms with Gasteiger partial charge in [0.2, 0.25) is 5.43 Å². The van der Waals surface area contributed by atoms with Crippen molar-refractivity contribution in [2.75, 3.05) is 5.32 Å². The molecule has 0 radical (unpaired) electrons. The molecule has 21 heavy (non-hydrogen) atoms. The number of amides is 1. The topological polar surface area (TPSA) is 59.3 Å². The van der Waals surface area contributed by atoms with Gasteiger partial charge in [-0.15, -0.1) is 0 Å². The molecule has 4 nitrogen and oxygen atoms in total. The highest BCUT2D eigenvalue weighted by Crippen LogP contribution is 2.14. The van der Waals surface area contributed by atoms with Crippen LogP contribution in [0.15, 0.2) is 64.0 Å². The van der Waals surface area contributed by atoms with Crippen LogP contribution in [0.5, 0.6) is 0 Å². The lowest BCUT2D eigenvalue weighted by molar-refractivity contribution is 0.102.